The standard InChI is InChI=1S/C3H8OSi.2CH4/c1-4-3-5-2;;/h3,5H,1-2H3;2*1H4/b5-3+;;. The first-order valence-corrected chi connectivity index (χ1v) is 3.38. The number of rotatable bonds is 1. The van der Waals surface area contributed by atoms with Crippen molar-refractivity contribution in [1.82, 2.24) is 0 Å². The first-order valence-electron chi connectivity index (χ1n) is 1.55. The zero-order valence-corrected chi connectivity index (χ0v) is 4.72. The van der Waals surface area contributed by atoms with Crippen LogP contribution in [-0.4, -0.2) is 22.1 Å². The van der Waals surface area contributed by atoms with E-state index in [0.29, 0.717) is 9.13 Å². The molecule has 0 saturated heterocycles. The molecule has 0 amide bonds. The molecule has 0 rings (SSSR count). The molecule has 0 unspecified atom stereocenters. The van der Waals surface area contributed by atoms with Gasteiger partial charge in [-0.2, -0.15) is 0 Å². The Balaban J connectivity index is -0.0000000800. The van der Waals surface area contributed by atoms with Crippen molar-refractivity contribution in [2.24, 2.45) is 0 Å². The van der Waals surface area contributed by atoms with Crippen LogP contribution in [-0.2, 0) is 4.74 Å². The van der Waals surface area contributed by atoms with Gasteiger partial charge in [0.15, 0.2) is 0 Å². The Morgan fingerprint density at radius 3 is 1.86 bits per heavy atom. The van der Waals surface area contributed by atoms with Crippen LogP contribution in [0.1, 0.15) is 14.9 Å². The van der Waals surface area contributed by atoms with Crippen molar-refractivity contribution in [3.05, 3.63) is 0 Å². The molecule has 0 aromatic carbocycles. The molecule has 0 aliphatic rings. The third-order valence-corrected chi connectivity index (χ3v) is 0.816. The minimum atomic E-state index is 0. The van der Waals surface area contributed by atoms with Gasteiger partial charge in [0.05, 0.1) is 13.0 Å². The quantitative estimate of drug-likeness (QED) is 0.472. The van der Waals surface area contributed by atoms with Gasteiger partial charge in [0.25, 0.3) is 0 Å². The van der Waals surface area contributed by atoms with Gasteiger partial charge in [-0.15, -0.1) is 0 Å². The molecule has 0 bridgehead atoms. The Hall–Kier alpha value is -0.113. The first-order chi connectivity index (χ1) is 2.41. The predicted octanol–water partition coefficient (Wildman–Crippen LogP) is 1.15. The summed E-state index contributed by atoms with van der Waals surface area (Å²) in [5, 5.41) is 0. The van der Waals surface area contributed by atoms with Crippen molar-refractivity contribution in [3.63, 3.8) is 0 Å². The molecular weight excluding hydrogens is 104 g/mol. The topological polar surface area (TPSA) is 9.23 Å². The average Bonchev–Trinajstić information content (AvgIpc) is 1.41. The van der Waals surface area contributed by atoms with Crippen LogP contribution in [0.25, 0.3) is 0 Å². The molecule has 1 nitrogen and oxygen atoms in total. The van der Waals surface area contributed by atoms with Crippen LogP contribution in [0.4, 0.5) is 0 Å². The van der Waals surface area contributed by atoms with E-state index in [-0.39, 0.29) is 14.9 Å². The molecule has 0 heterocycles. The van der Waals surface area contributed by atoms with Crippen LogP contribution in [0.3, 0.4) is 0 Å². The van der Waals surface area contributed by atoms with Crippen LogP contribution < -0.4 is 0 Å². The second-order valence-corrected chi connectivity index (χ2v) is 1.64. The smallest absolute Gasteiger partial charge is 0.0759 e. The Bertz CT molecular complexity index is 35.1. The Morgan fingerprint density at radius 1 is 1.43 bits per heavy atom. The van der Waals surface area contributed by atoms with E-state index >= 15 is 0 Å². The van der Waals surface area contributed by atoms with Gasteiger partial charge in [-0.3, -0.25) is 0 Å². The SMILES string of the molecule is C.C.CO/C=[SiH]/C. The van der Waals surface area contributed by atoms with E-state index < -0.39 is 0 Å². The maximum Gasteiger partial charge on any atom is 0.0759 e. The molecule has 0 atom stereocenters. The second kappa shape index (κ2) is 16.9. The van der Waals surface area contributed by atoms with Crippen LogP contribution in [0.2, 0.25) is 6.55 Å². The van der Waals surface area contributed by atoms with Gasteiger partial charge in [0, 0.05) is 9.13 Å². The molecule has 0 aromatic heterocycles. The number of ether oxygens (including phenoxy) is 1. The first kappa shape index (κ1) is 15.8. The van der Waals surface area contributed by atoms with E-state index in [1.54, 1.807) is 7.11 Å². The van der Waals surface area contributed by atoms with E-state index in [1.807, 2.05) is 5.86 Å². The summed E-state index contributed by atoms with van der Waals surface area (Å²) in [7, 11) is 2.12. The summed E-state index contributed by atoms with van der Waals surface area (Å²) in [6.45, 7) is 2.11. The van der Waals surface area contributed by atoms with E-state index in [1.165, 1.54) is 0 Å². The molecule has 0 aromatic rings. The fourth-order valence-electron chi connectivity index (χ4n) is 0.136. The van der Waals surface area contributed by atoms with Crippen molar-refractivity contribution in [2.75, 3.05) is 7.11 Å². The Morgan fingerprint density at radius 2 is 1.86 bits per heavy atom. The van der Waals surface area contributed by atoms with Crippen LogP contribution in [0.15, 0.2) is 0 Å². The fourth-order valence-corrected chi connectivity index (χ4v) is 0.408. The molecule has 0 aliphatic heterocycles. The van der Waals surface area contributed by atoms with E-state index in [2.05, 4.69) is 11.3 Å². The zero-order chi connectivity index (χ0) is 4.12. The minimum absolute atomic E-state index is 0. The summed E-state index contributed by atoms with van der Waals surface area (Å²) >= 11 is 0. The van der Waals surface area contributed by atoms with Crippen LogP contribution in [0.5, 0.6) is 0 Å². The average molecular weight is 120 g/mol. The lowest BCUT2D eigenvalue weighted by molar-refractivity contribution is 0.431. The van der Waals surface area contributed by atoms with Gasteiger partial charge in [-0.05, 0) is 0 Å². The van der Waals surface area contributed by atoms with Gasteiger partial charge in [-0.25, -0.2) is 0 Å². The van der Waals surface area contributed by atoms with Crippen molar-refractivity contribution < 1.29 is 4.74 Å². The normalized spacial score (nSPS) is 6.57. The third-order valence-electron chi connectivity index (χ3n) is 0.272. The Kier molecular flexibility index (Phi) is 38.1. The molecule has 7 heavy (non-hydrogen) atoms. The van der Waals surface area contributed by atoms with E-state index in [9.17, 15) is 0 Å². The second-order valence-electron chi connectivity index (χ2n) is 0.705. The number of hydrogen-bond acceptors (Lipinski definition) is 1. The lowest BCUT2D eigenvalue weighted by atomic mass is 11.5. The summed E-state index contributed by atoms with van der Waals surface area (Å²) in [6, 6.07) is 0. The van der Waals surface area contributed by atoms with Gasteiger partial charge >= 0.3 is 0 Å². The molecule has 0 N–H and O–H groups in total. The molecule has 0 saturated carbocycles. The highest BCUT2D eigenvalue weighted by Gasteiger charge is 1.48. The monoisotopic (exact) mass is 120 g/mol. The highest BCUT2D eigenvalue weighted by molar-refractivity contribution is 6.43. The molecular formula is C5H16OSi. The van der Waals surface area contributed by atoms with Crippen molar-refractivity contribution in [3.8, 4) is 0 Å². The van der Waals surface area contributed by atoms with Gasteiger partial charge < -0.3 is 4.74 Å². The lowest BCUT2D eigenvalue weighted by Crippen LogP contribution is -1.77. The lowest BCUT2D eigenvalue weighted by Gasteiger charge is -1.76. The van der Waals surface area contributed by atoms with Crippen molar-refractivity contribution >= 4 is 15.0 Å². The summed E-state index contributed by atoms with van der Waals surface area (Å²) in [5.41, 5.74) is 0. The molecule has 0 fully saturated rings. The molecule has 0 aliphatic carbocycles. The van der Waals surface area contributed by atoms with Crippen LogP contribution >= 0.6 is 0 Å². The summed E-state index contributed by atoms with van der Waals surface area (Å²) in [4.78, 5) is 0. The van der Waals surface area contributed by atoms with Crippen molar-refractivity contribution in [2.45, 2.75) is 21.4 Å². The van der Waals surface area contributed by atoms with Crippen molar-refractivity contribution in [1.29, 1.82) is 0 Å². The predicted molar refractivity (Wildman–Crippen MR) is 39.5 cm³/mol. The Labute approximate surface area is 49.1 Å². The number of methoxy groups -OCH3 is 1. The van der Waals surface area contributed by atoms with Gasteiger partial charge in [0.1, 0.15) is 0 Å². The molecule has 46 valence electrons. The third kappa shape index (κ3) is 25.0. The molecule has 0 radical (unpaired) electrons. The molecule has 2 heteroatoms. The summed E-state index contributed by atoms with van der Waals surface area (Å²) in [5.74, 6) is 1.83. The highest BCUT2D eigenvalue weighted by atomic mass is 28.2. The summed E-state index contributed by atoms with van der Waals surface area (Å²) < 4.78 is 4.60. The van der Waals surface area contributed by atoms with E-state index in [0.717, 1.165) is 0 Å². The molecule has 0 spiro atoms. The van der Waals surface area contributed by atoms with E-state index in [4.69, 9.17) is 0 Å². The maximum absolute atomic E-state index is 4.60. The maximum atomic E-state index is 4.60. The largest absolute Gasteiger partial charge is 0.510 e. The summed E-state index contributed by atoms with van der Waals surface area (Å²) in [6.07, 6.45) is 0. The fraction of sp³-hybridized carbons (Fsp3) is 0.800. The zero-order valence-electron chi connectivity index (χ0n) is 3.56. The number of hydrogen-bond donors (Lipinski definition) is 0. The van der Waals surface area contributed by atoms with Gasteiger partial charge in [-0.1, -0.05) is 21.4 Å². The van der Waals surface area contributed by atoms with Gasteiger partial charge in [0.2, 0.25) is 0 Å². The highest BCUT2D eigenvalue weighted by Crippen LogP contribution is 1.41. The minimum Gasteiger partial charge on any atom is -0.510 e. The van der Waals surface area contributed by atoms with Crippen LogP contribution in [0, 0.1) is 0 Å².